The molecule has 2 fully saturated rings. The fourth-order valence-electron chi connectivity index (χ4n) is 4.41. The highest BCUT2D eigenvalue weighted by molar-refractivity contribution is 5.78. The van der Waals surface area contributed by atoms with E-state index in [0.717, 1.165) is 56.7 Å². The van der Waals surface area contributed by atoms with Crippen LogP contribution in [0.25, 0.3) is 5.65 Å². The van der Waals surface area contributed by atoms with Crippen molar-refractivity contribution in [3.05, 3.63) is 30.2 Å². The van der Waals surface area contributed by atoms with Crippen molar-refractivity contribution in [3.8, 4) is 0 Å². The molecular weight excluding hydrogens is 314 g/mol. The van der Waals surface area contributed by atoms with E-state index in [2.05, 4.69) is 31.3 Å². The van der Waals surface area contributed by atoms with Gasteiger partial charge in [-0.2, -0.15) is 0 Å². The Balaban J connectivity index is 1.51. The van der Waals surface area contributed by atoms with Crippen molar-refractivity contribution < 1.29 is 4.79 Å². The van der Waals surface area contributed by atoms with Crippen molar-refractivity contribution >= 4 is 11.6 Å². The number of rotatable bonds is 4. The van der Waals surface area contributed by atoms with E-state index in [0.29, 0.717) is 12.6 Å². The summed E-state index contributed by atoms with van der Waals surface area (Å²) in [5.74, 6) is 1.25. The summed E-state index contributed by atoms with van der Waals surface area (Å²) in [6, 6.07) is 6.57. The molecule has 2 aromatic heterocycles. The molecule has 4 heterocycles. The van der Waals surface area contributed by atoms with Gasteiger partial charge in [-0.3, -0.25) is 14.1 Å². The van der Waals surface area contributed by atoms with Crippen LogP contribution in [-0.2, 0) is 4.79 Å². The molecule has 0 unspecified atom stereocenters. The summed E-state index contributed by atoms with van der Waals surface area (Å²) in [7, 11) is 0. The Morgan fingerprint density at radius 2 is 2.08 bits per heavy atom. The van der Waals surface area contributed by atoms with Crippen LogP contribution in [0, 0.1) is 0 Å². The zero-order valence-corrected chi connectivity index (χ0v) is 15.0. The van der Waals surface area contributed by atoms with Crippen LogP contribution >= 0.6 is 0 Å². The Bertz CT molecular complexity index is 742. The normalized spacial score (nSPS) is 24.9. The Kier molecular flexibility index (Phi) is 4.70. The topological polar surface area (TPSA) is 53.7 Å². The van der Waals surface area contributed by atoms with Gasteiger partial charge in [0.05, 0.1) is 12.6 Å². The maximum Gasteiger partial charge on any atom is 0.237 e. The van der Waals surface area contributed by atoms with Crippen LogP contribution in [-0.4, -0.2) is 56.0 Å². The van der Waals surface area contributed by atoms with E-state index in [-0.39, 0.29) is 11.9 Å². The number of carbonyl (C=O) groups is 1. The van der Waals surface area contributed by atoms with E-state index >= 15 is 0 Å². The number of nitrogens with zero attached hydrogens (tertiary/aromatic N) is 5. The van der Waals surface area contributed by atoms with Crippen molar-refractivity contribution in [3.63, 3.8) is 0 Å². The van der Waals surface area contributed by atoms with Crippen molar-refractivity contribution in [2.75, 3.05) is 19.6 Å². The molecule has 4 rings (SSSR count). The zero-order chi connectivity index (χ0) is 17.2. The van der Waals surface area contributed by atoms with E-state index in [1.54, 1.807) is 0 Å². The fourth-order valence-corrected chi connectivity index (χ4v) is 4.41. The van der Waals surface area contributed by atoms with Gasteiger partial charge in [0.25, 0.3) is 0 Å². The number of hydrogen-bond acceptors (Lipinski definition) is 4. The minimum absolute atomic E-state index is 0.186. The summed E-state index contributed by atoms with van der Waals surface area (Å²) in [6.07, 6.45) is 8.77. The van der Waals surface area contributed by atoms with Crippen molar-refractivity contribution in [1.82, 2.24) is 24.4 Å². The van der Waals surface area contributed by atoms with E-state index in [1.165, 1.54) is 6.42 Å². The minimum atomic E-state index is 0.186. The lowest BCUT2D eigenvalue weighted by molar-refractivity contribution is -0.136. The summed E-state index contributed by atoms with van der Waals surface area (Å²) >= 11 is 0. The highest BCUT2D eigenvalue weighted by Crippen LogP contribution is 2.31. The third-order valence-electron chi connectivity index (χ3n) is 5.76. The first-order valence-corrected chi connectivity index (χ1v) is 9.61. The maximum absolute atomic E-state index is 12.9. The second kappa shape index (κ2) is 7.12. The maximum atomic E-state index is 12.9. The van der Waals surface area contributed by atoms with Gasteiger partial charge in [-0.1, -0.05) is 13.0 Å². The number of amides is 1. The highest BCUT2D eigenvalue weighted by atomic mass is 16.2. The second-order valence-electron chi connectivity index (χ2n) is 7.26. The predicted octanol–water partition coefficient (Wildman–Crippen LogP) is 2.66. The SMILES string of the molecule is CC[C@H]1CCCCN1C(=O)CN1CCC[C@H]1c1nnc2ccccn12. The van der Waals surface area contributed by atoms with Gasteiger partial charge in [0.2, 0.25) is 5.91 Å². The third kappa shape index (κ3) is 3.15. The molecular formula is C19H27N5O. The van der Waals surface area contributed by atoms with Crippen molar-refractivity contribution in [2.24, 2.45) is 0 Å². The average Bonchev–Trinajstić information content (AvgIpc) is 3.28. The van der Waals surface area contributed by atoms with Gasteiger partial charge in [-0.05, 0) is 57.2 Å². The van der Waals surface area contributed by atoms with Crippen molar-refractivity contribution in [2.45, 2.75) is 57.5 Å². The quantitative estimate of drug-likeness (QED) is 0.858. The zero-order valence-electron chi connectivity index (χ0n) is 15.0. The van der Waals surface area contributed by atoms with E-state index < -0.39 is 0 Å². The summed E-state index contributed by atoms with van der Waals surface area (Å²) in [4.78, 5) is 17.4. The number of carbonyl (C=O) groups excluding carboxylic acids is 1. The number of pyridine rings is 1. The molecule has 0 aromatic carbocycles. The summed E-state index contributed by atoms with van der Waals surface area (Å²) < 4.78 is 2.06. The highest BCUT2D eigenvalue weighted by Gasteiger charge is 2.33. The number of likely N-dealkylation sites (tertiary alicyclic amines) is 2. The molecule has 134 valence electrons. The molecule has 2 aromatic rings. The molecule has 25 heavy (non-hydrogen) atoms. The second-order valence-corrected chi connectivity index (χ2v) is 7.26. The molecule has 0 N–H and O–H groups in total. The van der Waals surface area contributed by atoms with Crippen LogP contribution in [0.4, 0.5) is 0 Å². The number of hydrogen-bond donors (Lipinski definition) is 0. The number of fused-ring (bicyclic) bond motifs is 1. The van der Waals surface area contributed by atoms with Crippen molar-refractivity contribution in [1.29, 1.82) is 0 Å². The van der Waals surface area contributed by atoms with Gasteiger partial charge in [0, 0.05) is 18.8 Å². The molecule has 2 aliphatic rings. The third-order valence-corrected chi connectivity index (χ3v) is 5.76. The molecule has 0 spiro atoms. The summed E-state index contributed by atoms with van der Waals surface area (Å²) in [5.41, 5.74) is 0.873. The fraction of sp³-hybridized carbons (Fsp3) is 0.632. The van der Waals surface area contributed by atoms with Gasteiger partial charge < -0.3 is 4.90 Å². The lowest BCUT2D eigenvalue weighted by Crippen LogP contribution is -2.47. The Labute approximate surface area is 148 Å². The Hall–Kier alpha value is -1.95. The molecule has 2 saturated heterocycles. The number of aromatic nitrogens is 3. The molecule has 6 nitrogen and oxygen atoms in total. The molecule has 0 aliphatic carbocycles. The lowest BCUT2D eigenvalue weighted by Gasteiger charge is -2.36. The molecule has 1 amide bonds. The summed E-state index contributed by atoms with van der Waals surface area (Å²) in [5, 5.41) is 8.71. The van der Waals surface area contributed by atoms with E-state index in [1.807, 2.05) is 24.4 Å². The first-order chi connectivity index (χ1) is 12.3. The van der Waals surface area contributed by atoms with Crippen LogP contribution in [0.5, 0.6) is 0 Å². The smallest absolute Gasteiger partial charge is 0.237 e. The molecule has 2 aliphatic heterocycles. The van der Waals surface area contributed by atoms with E-state index in [4.69, 9.17) is 0 Å². The largest absolute Gasteiger partial charge is 0.339 e. The van der Waals surface area contributed by atoms with Gasteiger partial charge >= 0.3 is 0 Å². The van der Waals surface area contributed by atoms with Crippen LogP contribution in [0.2, 0.25) is 0 Å². The Morgan fingerprint density at radius 3 is 2.96 bits per heavy atom. The van der Waals surface area contributed by atoms with Gasteiger partial charge in [0.15, 0.2) is 11.5 Å². The van der Waals surface area contributed by atoms with Gasteiger partial charge in [0.1, 0.15) is 0 Å². The predicted molar refractivity (Wildman–Crippen MR) is 96.2 cm³/mol. The first kappa shape index (κ1) is 16.5. The monoisotopic (exact) mass is 341 g/mol. The molecule has 0 bridgehead atoms. The number of piperidine rings is 1. The van der Waals surface area contributed by atoms with Gasteiger partial charge in [-0.25, -0.2) is 0 Å². The van der Waals surface area contributed by atoms with E-state index in [9.17, 15) is 4.79 Å². The molecule has 2 atom stereocenters. The van der Waals surface area contributed by atoms with Crippen LogP contribution in [0.1, 0.15) is 57.3 Å². The van der Waals surface area contributed by atoms with Crippen LogP contribution in [0.3, 0.4) is 0 Å². The van der Waals surface area contributed by atoms with Crippen LogP contribution < -0.4 is 0 Å². The molecule has 0 radical (unpaired) electrons. The standard InChI is InChI=1S/C19H27N5O/c1-2-15-8-3-5-12-23(15)18(25)14-22-11-7-9-16(22)19-21-20-17-10-4-6-13-24(17)19/h4,6,10,13,15-16H,2-3,5,7-9,11-12,14H2,1H3/t15-,16-/m0/s1. The van der Waals surface area contributed by atoms with Gasteiger partial charge in [-0.15, -0.1) is 10.2 Å². The average molecular weight is 341 g/mol. The lowest BCUT2D eigenvalue weighted by atomic mass is 10.00. The first-order valence-electron chi connectivity index (χ1n) is 9.61. The minimum Gasteiger partial charge on any atom is -0.339 e. The summed E-state index contributed by atoms with van der Waals surface area (Å²) in [6.45, 7) is 4.58. The molecule has 6 heteroatoms. The van der Waals surface area contributed by atoms with Crippen LogP contribution in [0.15, 0.2) is 24.4 Å². The molecule has 0 saturated carbocycles. The Morgan fingerprint density at radius 1 is 1.16 bits per heavy atom.